The lowest BCUT2D eigenvalue weighted by Gasteiger charge is -2.10. The summed E-state index contributed by atoms with van der Waals surface area (Å²) in [5.41, 5.74) is 7.30. The highest BCUT2D eigenvalue weighted by Crippen LogP contribution is 2.22. The number of para-hydroxylation sites is 2. The zero-order valence-corrected chi connectivity index (χ0v) is 17.6. The van der Waals surface area contributed by atoms with E-state index in [0.29, 0.717) is 5.75 Å². The van der Waals surface area contributed by atoms with E-state index in [0.717, 1.165) is 15.8 Å². The summed E-state index contributed by atoms with van der Waals surface area (Å²) < 4.78 is 6.18. The van der Waals surface area contributed by atoms with Crippen LogP contribution in [0.15, 0.2) is 58.0 Å². The molecule has 0 aliphatic heterocycles. The molecule has 0 aromatic heterocycles. The summed E-state index contributed by atoms with van der Waals surface area (Å²) in [7, 11) is 1.58. The average molecular weight is 519 g/mol. The maximum absolute atomic E-state index is 11.9. The van der Waals surface area contributed by atoms with E-state index >= 15 is 0 Å². The fourth-order valence-corrected chi connectivity index (χ4v) is 2.22. The molecule has 0 unspecified atom stereocenters. The quantitative estimate of drug-likeness (QED) is 0.308. The number of nitrogens with two attached hydrogens (primary N) is 1. The molecule has 2 aromatic rings. The van der Waals surface area contributed by atoms with Gasteiger partial charge in [-0.25, -0.2) is 0 Å². The number of benzene rings is 2. The number of nitrogens with zero attached hydrogens (tertiary/aromatic N) is 1. The molecule has 0 spiro atoms. The van der Waals surface area contributed by atoms with Crippen molar-refractivity contribution in [2.75, 3.05) is 24.3 Å². The van der Waals surface area contributed by atoms with Crippen molar-refractivity contribution in [3.8, 4) is 5.75 Å². The molecule has 0 radical (unpaired) electrons. The lowest BCUT2D eigenvalue weighted by molar-refractivity contribution is -0.116. The van der Waals surface area contributed by atoms with Gasteiger partial charge in [0.2, 0.25) is 5.91 Å². The van der Waals surface area contributed by atoms with E-state index in [1.807, 2.05) is 48.5 Å². The lowest BCUT2D eigenvalue weighted by Crippen LogP contribution is -2.23. The van der Waals surface area contributed by atoms with Gasteiger partial charge in [0, 0.05) is 16.6 Å². The first-order valence-electron chi connectivity index (χ1n) is 7.34. The first-order valence-corrected chi connectivity index (χ1v) is 8.13. The molecule has 0 bridgehead atoms. The van der Waals surface area contributed by atoms with Gasteiger partial charge in [0.25, 0.3) is 0 Å². The van der Waals surface area contributed by atoms with Gasteiger partial charge in [-0.2, -0.15) is 0 Å². The number of aliphatic imine (C=N–C) groups is 1. The highest BCUT2D eigenvalue weighted by Gasteiger charge is 2.04. The lowest BCUT2D eigenvalue weighted by atomic mass is 10.3. The van der Waals surface area contributed by atoms with Crippen molar-refractivity contribution < 1.29 is 9.53 Å². The molecule has 6 nitrogen and oxygen atoms in total. The van der Waals surface area contributed by atoms with Crippen molar-refractivity contribution in [3.63, 3.8) is 0 Å². The number of methoxy groups -OCH3 is 1. The van der Waals surface area contributed by atoms with Crippen LogP contribution in [0, 0.1) is 0 Å². The molecule has 0 aliphatic carbocycles. The van der Waals surface area contributed by atoms with E-state index in [4.69, 9.17) is 10.5 Å². The number of guanidine groups is 1. The highest BCUT2D eigenvalue weighted by atomic mass is 127. The molecule has 0 saturated heterocycles. The van der Waals surface area contributed by atoms with E-state index in [2.05, 4.69) is 31.6 Å². The van der Waals surface area contributed by atoms with E-state index in [1.165, 1.54) is 0 Å². The number of anilines is 2. The predicted octanol–water partition coefficient (Wildman–Crippen LogP) is 3.83. The number of carbonyl (C=O) groups is 1. The first kappa shape index (κ1) is 21.2. The largest absolute Gasteiger partial charge is 0.495 e. The number of nitrogens with one attached hydrogen (secondary N) is 2. The van der Waals surface area contributed by atoms with Gasteiger partial charge in [0.1, 0.15) is 5.75 Å². The van der Waals surface area contributed by atoms with Gasteiger partial charge in [-0.05, 0) is 36.4 Å². The third-order valence-corrected chi connectivity index (χ3v) is 3.65. The molecule has 0 atom stereocenters. The van der Waals surface area contributed by atoms with Crippen LogP contribution in [0.2, 0.25) is 0 Å². The SMILES string of the molecule is COc1ccccc1NC(N)=NCCC(=O)Nc1ccc(Br)cc1.I. The standard InChI is InChI=1S/C17H19BrN4O2.HI/c1-24-15-5-3-2-4-14(15)22-17(19)20-11-10-16(23)21-13-8-6-12(18)7-9-13;/h2-9H,10-11H2,1H3,(H,21,23)(H3,19,20,22);1H. The Bertz CT molecular complexity index is 723. The number of halogens is 2. The average Bonchev–Trinajstić information content (AvgIpc) is 2.57. The van der Waals surface area contributed by atoms with Crippen molar-refractivity contribution in [1.29, 1.82) is 0 Å². The molecule has 25 heavy (non-hydrogen) atoms. The maximum atomic E-state index is 11.9. The second-order valence-corrected chi connectivity index (χ2v) is 5.81. The van der Waals surface area contributed by atoms with E-state index in [-0.39, 0.29) is 48.8 Å². The summed E-state index contributed by atoms with van der Waals surface area (Å²) in [4.78, 5) is 16.0. The smallest absolute Gasteiger partial charge is 0.226 e. The van der Waals surface area contributed by atoms with E-state index < -0.39 is 0 Å². The van der Waals surface area contributed by atoms with Crippen molar-refractivity contribution in [2.45, 2.75) is 6.42 Å². The van der Waals surface area contributed by atoms with Crippen LogP contribution in [0.25, 0.3) is 0 Å². The van der Waals surface area contributed by atoms with Crippen LogP contribution in [0.3, 0.4) is 0 Å². The molecule has 4 N–H and O–H groups in total. The molecule has 0 heterocycles. The Balaban J connectivity index is 0.00000312. The number of hydrogen-bond acceptors (Lipinski definition) is 3. The summed E-state index contributed by atoms with van der Waals surface area (Å²) in [5.74, 6) is 0.783. The summed E-state index contributed by atoms with van der Waals surface area (Å²) in [5, 5.41) is 5.76. The number of amides is 1. The Kier molecular flexibility index (Phi) is 9.28. The highest BCUT2D eigenvalue weighted by molar-refractivity contribution is 14.0. The van der Waals surface area contributed by atoms with E-state index in [9.17, 15) is 4.79 Å². The molecule has 0 aliphatic rings. The van der Waals surface area contributed by atoms with Crippen LogP contribution in [0.4, 0.5) is 11.4 Å². The van der Waals surface area contributed by atoms with Gasteiger partial charge in [0.05, 0.1) is 19.3 Å². The number of rotatable bonds is 6. The number of ether oxygens (including phenoxy) is 1. The molecule has 8 heteroatoms. The molecule has 0 fully saturated rings. The fraction of sp³-hybridized carbons (Fsp3) is 0.176. The Morgan fingerprint density at radius 2 is 1.84 bits per heavy atom. The third-order valence-electron chi connectivity index (χ3n) is 3.12. The van der Waals surface area contributed by atoms with Crippen LogP contribution < -0.4 is 21.1 Å². The van der Waals surface area contributed by atoms with Crippen LogP contribution >= 0.6 is 39.9 Å². The normalized spacial score (nSPS) is 10.6. The fourth-order valence-electron chi connectivity index (χ4n) is 1.96. The van der Waals surface area contributed by atoms with Gasteiger partial charge in [-0.15, -0.1) is 24.0 Å². The van der Waals surface area contributed by atoms with E-state index in [1.54, 1.807) is 7.11 Å². The zero-order valence-electron chi connectivity index (χ0n) is 13.7. The van der Waals surface area contributed by atoms with Gasteiger partial charge in [-0.3, -0.25) is 9.79 Å². The monoisotopic (exact) mass is 518 g/mol. The minimum Gasteiger partial charge on any atom is -0.495 e. The summed E-state index contributed by atoms with van der Waals surface area (Å²) >= 11 is 3.35. The Hall–Kier alpha value is -1.81. The number of carbonyl (C=O) groups excluding carboxylic acids is 1. The molecule has 0 saturated carbocycles. The second kappa shape index (κ2) is 10.9. The molecular weight excluding hydrogens is 499 g/mol. The van der Waals surface area contributed by atoms with Crippen LogP contribution in [0.5, 0.6) is 5.75 Å². The van der Waals surface area contributed by atoms with Gasteiger partial charge < -0.3 is 21.1 Å². The minimum absolute atomic E-state index is 0. The Morgan fingerprint density at radius 3 is 2.52 bits per heavy atom. The molecular formula is C17H20BrIN4O2. The van der Waals surface area contributed by atoms with Crippen molar-refractivity contribution >= 4 is 63.1 Å². The van der Waals surface area contributed by atoms with Crippen molar-refractivity contribution in [3.05, 3.63) is 53.0 Å². The number of hydrogen-bond donors (Lipinski definition) is 3. The topological polar surface area (TPSA) is 88.7 Å². The van der Waals surface area contributed by atoms with Crippen LogP contribution in [0.1, 0.15) is 6.42 Å². The van der Waals surface area contributed by atoms with Crippen molar-refractivity contribution in [2.24, 2.45) is 10.7 Å². The molecule has 2 aromatic carbocycles. The van der Waals surface area contributed by atoms with Crippen LogP contribution in [-0.4, -0.2) is 25.5 Å². The van der Waals surface area contributed by atoms with Gasteiger partial charge in [-0.1, -0.05) is 28.1 Å². The molecule has 2 rings (SSSR count). The summed E-state index contributed by atoms with van der Waals surface area (Å²) in [6.45, 7) is 0.288. The first-order chi connectivity index (χ1) is 11.6. The Morgan fingerprint density at radius 1 is 1.16 bits per heavy atom. The van der Waals surface area contributed by atoms with Crippen LogP contribution in [-0.2, 0) is 4.79 Å². The Labute approximate surface area is 172 Å². The summed E-state index contributed by atoms with van der Waals surface area (Å²) in [6, 6.07) is 14.8. The predicted molar refractivity (Wildman–Crippen MR) is 116 cm³/mol. The molecule has 134 valence electrons. The third kappa shape index (κ3) is 7.30. The summed E-state index contributed by atoms with van der Waals surface area (Å²) in [6.07, 6.45) is 0.240. The van der Waals surface area contributed by atoms with Gasteiger partial charge in [0.15, 0.2) is 5.96 Å². The zero-order chi connectivity index (χ0) is 17.4. The van der Waals surface area contributed by atoms with Gasteiger partial charge >= 0.3 is 0 Å². The maximum Gasteiger partial charge on any atom is 0.226 e. The molecule has 1 amide bonds. The second-order valence-electron chi connectivity index (χ2n) is 4.90. The van der Waals surface area contributed by atoms with Crippen molar-refractivity contribution in [1.82, 2.24) is 0 Å². The minimum atomic E-state index is -0.119.